The minimum Gasteiger partial charge on any atom is -0.455 e. The van der Waals surface area contributed by atoms with Crippen LogP contribution in [0.3, 0.4) is 0 Å². The van der Waals surface area contributed by atoms with Crippen molar-refractivity contribution < 1.29 is 9.53 Å². The molecule has 0 amide bonds. The quantitative estimate of drug-likeness (QED) is 0.699. The molecule has 2 nitrogen and oxygen atoms in total. The SMILES string of the molecule is CC(=O)c1cc(Br)ccc1Oc1ccc(C)cc1Cl. The Kier molecular flexibility index (Phi) is 4.27. The van der Waals surface area contributed by atoms with E-state index in [1.165, 1.54) is 6.92 Å². The van der Waals surface area contributed by atoms with Crippen molar-refractivity contribution in [2.24, 2.45) is 0 Å². The number of ether oxygens (including phenoxy) is 1. The van der Waals surface area contributed by atoms with Crippen LogP contribution in [-0.2, 0) is 0 Å². The fourth-order valence-corrected chi connectivity index (χ4v) is 2.31. The zero-order valence-electron chi connectivity index (χ0n) is 10.5. The summed E-state index contributed by atoms with van der Waals surface area (Å²) in [5.41, 5.74) is 1.57. The first-order valence-corrected chi connectivity index (χ1v) is 6.89. The molecule has 0 aliphatic rings. The van der Waals surface area contributed by atoms with Crippen LogP contribution in [0.25, 0.3) is 0 Å². The van der Waals surface area contributed by atoms with E-state index < -0.39 is 0 Å². The topological polar surface area (TPSA) is 26.3 Å². The zero-order chi connectivity index (χ0) is 14.0. The molecule has 0 saturated heterocycles. The van der Waals surface area contributed by atoms with Crippen molar-refractivity contribution in [2.45, 2.75) is 13.8 Å². The van der Waals surface area contributed by atoms with Crippen molar-refractivity contribution in [3.63, 3.8) is 0 Å². The van der Waals surface area contributed by atoms with Gasteiger partial charge in [0.15, 0.2) is 5.78 Å². The molecule has 0 spiro atoms. The molecule has 0 bridgehead atoms. The number of carbonyl (C=O) groups is 1. The molecule has 0 unspecified atom stereocenters. The number of hydrogen-bond donors (Lipinski definition) is 0. The first-order chi connectivity index (χ1) is 8.97. The standard InChI is InChI=1S/C15H12BrClO2/c1-9-3-5-15(13(17)7-9)19-14-6-4-11(16)8-12(14)10(2)18/h3-8H,1-2H3. The Labute approximate surface area is 125 Å². The summed E-state index contributed by atoms with van der Waals surface area (Å²) >= 11 is 9.46. The molecular weight excluding hydrogens is 328 g/mol. The van der Waals surface area contributed by atoms with Gasteiger partial charge in [-0.3, -0.25) is 4.79 Å². The fraction of sp³-hybridized carbons (Fsp3) is 0.133. The van der Waals surface area contributed by atoms with E-state index in [-0.39, 0.29) is 5.78 Å². The van der Waals surface area contributed by atoms with E-state index in [0.717, 1.165) is 10.0 Å². The Morgan fingerprint density at radius 3 is 2.47 bits per heavy atom. The third-order valence-electron chi connectivity index (χ3n) is 2.63. The Morgan fingerprint density at radius 1 is 1.16 bits per heavy atom. The van der Waals surface area contributed by atoms with Crippen LogP contribution in [0.15, 0.2) is 40.9 Å². The molecule has 0 aliphatic carbocycles. The second kappa shape index (κ2) is 5.76. The lowest BCUT2D eigenvalue weighted by Gasteiger charge is -2.11. The molecule has 4 heteroatoms. The van der Waals surface area contributed by atoms with Crippen molar-refractivity contribution in [1.82, 2.24) is 0 Å². The van der Waals surface area contributed by atoms with E-state index in [4.69, 9.17) is 16.3 Å². The molecular formula is C15H12BrClO2. The van der Waals surface area contributed by atoms with E-state index in [2.05, 4.69) is 15.9 Å². The molecule has 0 aliphatic heterocycles. The number of benzene rings is 2. The van der Waals surface area contributed by atoms with E-state index in [0.29, 0.717) is 22.1 Å². The molecule has 98 valence electrons. The van der Waals surface area contributed by atoms with Crippen molar-refractivity contribution in [1.29, 1.82) is 0 Å². The summed E-state index contributed by atoms with van der Waals surface area (Å²) in [6.07, 6.45) is 0. The maximum Gasteiger partial charge on any atom is 0.163 e. The van der Waals surface area contributed by atoms with Crippen LogP contribution in [0.1, 0.15) is 22.8 Å². The highest BCUT2D eigenvalue weighted by Crippen LogP contribution is 2.33. The molecule has 2 aromatic rings. The normalized spacial score (nSPS) is 10.3. The Hall–Kier alpha value is -1.32. The largest absolute Gasteiger partial charge is 0.455 e. The molecule has 0 atom stereocenters. The van der Waals surface area contributed by atoms with Crippen LogP contribution in [0.5, 0.6) is 11.5 Å². The second-order valence-corrected chi connectivity index (χ2v) is 5.56. The summed E-state index contributed by atoms with van der Waals surface area (Å²) in [7, 11) is 0. The van der Waals surface area contributed by atoms with Crippen molar-refractivity contribution >= 4 is 33.3 Å². The Bertz CT molecular complexity index is 638. The number of ketones is 1. The van der Waals surface area contributed by atoms with Gasteiger partial charge in [-0.15, -0.1) is 0 Å². The Balaban J connectivity index is 2.40. The van der Waals surface area contributed by atoms with Gasteiger partial charge in [0.2, 0.25) is 0 Å². The number of Topliss-reactive ketones (excluding diaryl/α,β-unsaturated/α-hetero) is 1. The van der Waals surface area contributed by atoms with E-state index in [1.54, 1.807) is 18.2 Å². The highest BCUT2D eigenvalue weighted by Gasteiger charge is 2.11. The van der Waals surface area contributed by atoms with Crippen LogP contribution in [0.4, 0.5) is 0 Å². The molecule has 2 aromatic carbocycles. The van der Waals surface area contributed by atoms with Crippen molar-refractivity contribution in [2.75, 3.05) is 0 Å². The minimum atomic E-state index is -0.0560. The maximum absolute atomic E-state index is 11.6. The molecule has 19 heavy (non-hydrogen) atoms. The summed E-state index contributed by atoms with van der Waals surface area (Å²) in [5.74, 6) is 0.984. The van der Waals surface area contributed by atoms with Gasteiger partial charge in [-0.1, -0.05) is 33.6 Å². The third kappa shape index (κ3) is 3.37. The lowest BCUT2D eigenvalue weighted by molar-refractivity contribution is 0.101. The number of aryl methyl sites for hydroxylation is 1. The number of halogens is 2. The van der Waals surface area contributed by atoms with Gasteiger partial charge in [-0.25, -0.2) is 0 Å². The van der Waals surface area contributed by atoms with E-state index >= 15 is 0 Å². The van der Waals surface area contributed by atoms with Crippen molar-refractivity contribution in [3.05, 3.63) is 57.0 Å². The van der Waals surface area contributed by atoms with Gasteiger partial charge in [-0.2, -0.15) is 0 Å². The predicted molar refractivity (Wildman–Crippen MR) is 80.4 cm³/mol. The fourth-order valence-electron chi connectivity index (χ4n) is 1.67. The third-order valence-corrected chi connectivity index (χ3v) is 3.42. The van der Waals surface area contributed by atoms with Crippen molar-refractivity contribution in [3.8, 4) is 11.5 Å². The number of hydrogen-bond acceptors (Lipinski definition) is 2. The zero-order valence-corrected chi connectivity index (χ0v) is 12.9. The molecule has 0 saturated carbocycles. The average Bonchev–Trinajstić information content (AvgIpc) is 2.34. The average molecular weight is 340 g/mol. The molecule has 0 fully saturated rings. The lowest BCUT2D eigenvalue weighted by Crippen LogP contribution is -1.97. The van der Waals surface area contributed by atoms with Gasteiger partial charge in [0, 0.05) is 4.47 Å². The first-order valence-electron chi connectivity index (χ1n) is 5.72. The van der Waals surface area contributed by atoms with Crippen LogP contribution in [0, 0.1) is 6.92 Å². The van der Waals surface area contributed by atoms with Gasteiger partial charge < -0.3 is 4.74 Å². The molecule has 2 rings (SSSR count). The van der Waals surface area contributed by atoms with Gasteiger partial charge in [0.25, 0.3) is 0 Å². The summed E-state index contributed by atoms with van der Waals surface area (Å²) in [5, 5.41) is 0.525. The molecule has 0 heterocycles. The lowest BCUT2D eigenvalue weighted by atomic mass is 10.1. The minimum absolute atomic E-state index is 0.0560. The van der Waals surface area contributed by atoms with Crippen LogP contribution < -0.4 is 4.74 Å². The second-order valence-electron chi connectivity index (χ2n) is 4.23. The Morgan fingerprint density at radius 2 is 1.84 bits per heavy atom. The highest BCUT2D eigenvalue weighted by molar-refractivity contribution is 9.10. The summed E-state index contributed by atoms with van der Waals surface area (Å²) in [6, 6.07) is 10.8. The molecule has 0 radical (unpaired) electrons. The first kappa shape index (κ1) is 14.1. The van der Waals surface area contributed by atoms with Gasteiger partial charge in [-0.05, 0) is 49.7 Å². The molecule has 0 aromatic heterocycles. The van der Waals surface area contributed by atoms with E-state index in [1.807, 2.05) is 25.1 Å². The van der Waals surface area contributed by atoms with Crippen LogP contribution >= 0.6 is 27.5 Å². The number of rotatable bonds is 3. The van der Waals surface area contributed by atoms with Crippen LogP contribution in [-0.4, -0.2) is 5.78 Å². The van der Waals surface area contributed by atoms with Gasteiger partial charge >= 0.3 is 0 Å². The highest BCUT2D eigenvalue weighted by atomic mass is 79.9. The number of carbonyl (C=O) groups excluding carboxylic acids is 1. The summed E-state index contributed by atoms with van der Waals surface area (Å²) in [4.78, 5) is 11.6. The maximum atomic E-state index is 11.6. The molecule has 0 N–H and O–H groups in total. The van der Waals surface area contributed by atoms with Gasteiger partial charge in [0.1, 0.15) is 11.5 Å². The monoisotopic (exact) mass is 338 g/mol. The predicted octanol–water partition coefficient (Wildman–Crippen LogP) is 5.41. The van der Waals surface area contributed by atoms with Gasteiger partial charge in [0.05, 0.1) is 10.6 Å². The smallest absolute Gasteiger partial charge is 0.163 e. The van der Waals surface area contributed by atoms with Crippen LogP contribution in [0.2, 0.25) is 5.02 Å². The summed E-state index contributed by atoms with van der Waals surface area (Å²) in [6.45, 7) is 3.46. The summed E-state index contributed by atoms with van der Waals surface area (Å²) < 4.78 is 6.57. The van der Waals surface area contributed by atoms with E-state index in [9.17, 15) is 4.79 Å².